The molecule has 1 aromatic rings. The maximum absolute atomic E-state index is 11.6. The third kappa shape index (κ3) is 4.62. The van der Waals surface area contributed by atoms with Crippen molar-refractivity contribution in [2.24, 2.45) is 0 Å². The summed E-state index contributed by atoms with van der Waals surface area (Å²) >= 11 is 5.17. The number of benzene rings is 1. The molecule has 1 N–H and O–H groups in total. The summed E-state index contributed by atoms with van der Waals surface area (Å²) in [5, 5.41) is 9.20. The first kappa shape index (κ1) is 16.1. The van der Waals surface area contributed by atoms with E-state index in [2.05, 4.69) is 0 Å². The van der Waals surface area contributed by atoms with E-state index in [9.17, 15) is 14.7 Å². The van der Waals surface area contributed by atoms with Gasteiger partial charge in [-0.25, -0.2) is 0 Å². The number of aromatic hydroxyl groups is 1. The molecule has 0 spiro atoms. The van der Waals surface area contributed by atoms with Crippen LogP contribution in [0, 0.1) is 0 Å². The van der Waals surface area contributed by atoms with E-state index in [-0.39, 0.29) is 30.1 Å². The number of ether oxygens (including phenoxy) is 3. The van der Waals surface area contributed by atoms with E-state index in [1.807, 2.05) is 0 Å². The van der Waals surface area contributed by atoms with Gasteiger partial charge in [-0.2, -0.15) is 0 Å². The van der Waals surface area contributed by atoms with Gasteiger partial charge in [0, 0.05) is 25.0 Å². The zero-order valence-corrected chi connectivity index (χ0v) is 11.9. The summed E-state index contributed by atoms with van der Waals surface area (Å²) in [5.41, 5.74) is 0. The van der Waals surface area contributed by atoms with Crippen LogP contribution in [0.15, 0.2) is 12.1 Å². The van der Waals surface area contributed by atoms with Crippen LogP contribution in [0.25, 0.3) is 0 Å². The van der Waals surface area contributed by atoms with Crippen LogP contribution in [0.1, 0.15) is 19.3 Å². The molecule has 0 aliphatic carbocycles. The van der Waals surface area contributed by atoms with Crippen LogP contribution in [0.3, 0.4) is 0 Å². The van der Waals surface area contributed by atoms with Gasteiger partial charge in [0.2, 0.25) is 11.0 Å². The first-order valence-electron chi connectivity index (χ1n) is 5.82. The van der Waals surface area contributed by atoms with Gasteiger partial charge in [0.25, 0.3) is 0 Å². The number of methoxy groups -OCH3 is 2. The number of rotatable bonds is 7. The number of esters is 1. The molecule has 0 radical (unpaired) electrons. The fraction of sp³-hybridized carbons (Fsp3) is 0.385. The Balaban J connectivity index is 2.77. The van der Waals surface area contributed by atoms with Crippen LogP contribution in [0.2, 0.25) is 0 Å². The van der Waals surface area contributed by atoms with E-state index in [1.165, 1.54) is 26.4 Å². The van der Waals surface area contributed by atoms with Gasteiger partial charge in [0.05, 0.1) is 14.2 Å². The minimum atomic E-state index is -0.561. The van der Waals surface area contributed by atoms with Crippen molar-refractivity contribution in [2.75, 3.05) is 14.2 Å². The highest BCUT2D eigenvalue weighted by Gasteiger charge is 2.16. The second-order valence-corrected chi connectivity index (χ2v) is 4.28. The lowest BCUT2D eigenvalue weighted by Crippen LogP contribution is -2.09. The summed E-state index contributed by atoms with van der Waals surface area (Å²) in [4.78, 5) is 22.2. The monoisotopic (exact) mass is 302 g/mol. The Bertz CT molecular complexity index is 500. The van der Waals surface area contributed by atoms with Crippen molar-refractivity contribution in [3.8, 4) is 23.0 Å². The molecule has 0 aliphatic rings. The summed E-state index contributed by atoms with van der Waals surface area (Å²) in [6, 6.07) is 2.76. The fourth-order valence-electron chi connectivity index (χ4n) is 1.51. The molecule has 1 aromatic carbocycles. The maximum Gasteiger partial charge on any atom is 0.311 e. The molecule has 0 aromatic heterocycles. The summed E-state index contributed by atoms with van der Waals surface area (Å²) in [6.07, 6.45) is 0.413. The van der Waals surface area contributed by atoms with Crippen LogP contribution in [-0.4, -0.2) is 30.5 Å². The van der Waals surface area contributed by atoms with E-state index in [4.69, 9.17) is 25.8 Å². The minimum absolute atomic E-state index is 0.0274. The van der Waals surface area contributed by atoms with Gasteiger partial charge < -0.3 is 19.3 Å². The van der Waals surface area contributed by atoms with E-state index in [1.54, 1.807) is 0 Å². The smallest absolute Gasteiger partial charge is 0.311 e. The van der Waals surface area contributed by atoms with Crippen molar-refractivity contribution >= 4 is 22.8 Å². The van der Waals surface area contributed by atoms with Crippen molar-refractivity contribution in [1.29, 1.82) is 0 Å². The Morgan fingerprint density at radius 2 is 1.90 bits per heavy atom. The standard InChI is InChI=1S/C13H15ClO6/c1-18-8-6-9(15)13(19-2)10(7-8)20-12(17)5-3-4-11(14)16/h6-7,15H,3-5H2,1-2H3. The van der Waals surface area contributed by atoms with Crippen LogP contribution < -0.4 is 14.2 Å². The lowest BCUT2D eigenvalue weighted by Gasteiger charge is -2.12. The second kappa shape index (κ2) is 7.59. The quantitative estimate of drug-likeness (QED) is 0.472. The van der Waals surface area contributed by atoms with E-state index < -0.39 is 11.2 Å². The molecule has 0 heterocycles. The summed E-state index contributed by atoms with van der Waals surface area (Å²) in [5.74, 6) is -0.361. The van der Waals surface area contributed by atoms with Crippen LogP contribution in [0.5, 0.6) is 23.0 Å². The zero-order valence-electron chi connectivity index (χ0n) is 11.1. The maximum atomic E-state index is 11.6. The van der Waals surface area contributed by atoms with Gasteiger partial charge in [-0.15, -0.1) is 0 Å². The van der Waals surface area contributed by atoms with Gasteiger partial charge >= 0.3 is 5.97 Å². The van der Waals surface area contributed by atoms with Crippen molar-refractivity contribution in [3.63, 3.8) is 0 Å². The number of hydrogen-bond acceptors (Lipinski definition) is 6. The SMILES string of the molecule is COc1cc(O)c(OC)c(OC(=O)CCCC(=O)Cl)c1. The first-order chi connectivity index (χ1) is 9.47. The Hall–Kier alpha value is -1.95. The predicted octanol–water partition coefficient (Wildman–Crippen LogP) is 2.25. The highest BCUT2D eigenvalue weighted by Crippen LogP contribution is 2.40. The van der Waals surface area contributed by atoms with Crippen molar-refractivity contribution in [2.45, 2.75) is 19.3 Å². The zero-order chi connectivity index (χ0) is 15.1. The predicted molar refractivity (Wildman–Crippen MR) is 71.6 cm³/mol. The van der Waals surface area contributed by atoms with Gasteiger partial charge in [-0.05, 0) is 18.0 Å². The molecule has 1 rings (SSSR count). The topological polar surface area (TPSA) is 82.1 Å². The van der Waals surface area contributed by atoms with Gasteiger partial charge in [0.1, 0.15) is 5.75 Å². The fourth-order valence-corrected chi connectivity index (χ4v) is 1.64. The molecule has 6 nitrogen and oxygen atoms in total. The second-order valence-electron chi connectivity index (χ2n) is 3.86. The molecule has 110 valence electrons. The molecular weight excluding hydrogens is 288 g/mol. The number of carbonyl (C=O) groups excluding carboxylic acids is 2. The van der Waals surface area contributed by atoms with Crippen LogP contribution >= 0.6 is 11.6 Å². The highest BCUT2D eigenvalue weighted by molar-refractivity contribution is 6.63. The third-order valence-electron chi connectivity index (χ3n) is 2.43. The molecule has 0 unspecified atom stereocenters. The van der Waals surface area contributed by atoms with Gasteiger partial charge in [-0.3, -0.25) is 9.59 Å². The number of halogens is 1. The minimum Gasteiger partial charge on any atom is -0.504 e. The number of phenolic OH excluding ortho intramolecular Hbond substituents is 1. The summed E-state index contributed by atoms with van der Waals surface area (Å²) < 4.78 is 15.0. The number of phenols is 1. The Morgan fingerprint density at radius 3 is 2.45 bits per heavy atom. The highest BCUT2D eigenvalue weighted by atomic mass is 35.5. The summed E-state index contributed by atoms with van der Waals surface area (Å²) in [6.45, 7) is 0. The molecule has 0 aliphatic heterocycles. The van der Waals surface area contributed by atoms with Crippen molar-refractivity contribution < 1.29 is 28.9 Å². The average molecular weight is 303 g/mol. The lowest BCUT2D eigenvalue weighted by molar-refractivity contribution is -0.134. The molecule has 0 fully saturated rings. The molecule has 0 saturated carbocycles. The Kier molecular flexibility index (Phi) is 6.11. The normalized spacial score (nSPS) is 9.95. The molecular formula is C13H15ClO6. The van der Waals surface area contributed by atoms with Gasteiger partial charge in [0.15, 0.2) is 11.5 Å². The van der Waals surface area contributed by atoms with E-state index in [0.717, 1.165) is 0 Å². The Morgan fingerprint density at radius 1 is 1.20 bits per heavy atom. The molecule has 0 saturated heterocycles. The molecule has 0 bridgehead atoms. The Labute approximate surface area is 121 Å². The number of hydrogen-bond donors (Lipinski definition) is 1. The molecule has 0 amide bonds. The van der Waals surface area contributed by atoms with Crippen molar-refractivity contribution in [3.05, 3.63) is 12.1 Å². The molecule has 0 atom stereocenters. The van der Waals surface area contributed by atoms with E-state index >= 15 is 0 Å². The van der Waals surface area contributed by atoms with E-state index in [0.29, 0.717) is 12.2 Å². The molecule has 7 heteroatoms. The lowest BCUT2D eigenvalue weighted by atomic mass is 10.2. The first-order valence-corrected chi connectivity index (χ1v) is 6.19. The number of carbonyl (C=O) groups is 2. The largest absolute Gasteiger partial charge is 0.504 e. The van der Waals surface area contributed by atoms with Crippen LogP contribution in [0.4, 0.5) is 0 Å². The molecule has 20 heavy (non-hydrogen) atoms. The third-order valence-corrected chi connectivity index (χ3v) is 2.62. The van der Waals surface area contributed by atoms with Gasteiger partial charge in [-0.1, -0.05) is 0 Å². The summed E-state index contributed by atoms with van der Waals surface area (Å²) in [7, 11) is 2.75. The van der Waals surface area contributed by atoms with Crippen LogP contribution in [-0.2, 0) is 9.59 Å². The average Bonchev–Trinajstić information content (AvgIpc) is 2.37. The van der Waals surface area contributed by atoms with Crippen molar-refractivity contribution in [1.82, 2.24) is 0 Å².